The number of anilines is 1. The lowest BCUT2D eigenvalue weighted by Gasteiger charge is -2.39. The van der Waals surface area contributed by atoms with E-state index < -0.39 is 37.3 Å². The summed E-state index contributed by atoms with van der Waals surface area (Å²) in [5, 5.41) is 48.5. The Morgan fingerprint density at radius 1 is 0.549 bits per heavy atom. The number of aliphatic hydroxyl groups excluding tert-OH is 4. The van der Waals surface area contributed by atoms with E-state index in [-0.39, 0.29) is 0 Å². The van der Waals surface area contributed by atoms with Gasteiger partial charge in [-0.1, -0.05) is 129 Å². The molecule has 0 saturated carbocycles. The molecule has 1 fully saturated rings. The zero-order valence-electron chi connectivity index (χ0n) is 31.7. The van der Waals surface area contributed by atoms with Crippen LogP contribution in [0.1, 0.15) is 142 Å². The van der Waals surface area contributed by atoms with Crippen LogP contribution >= 0.6 is 0 Å². The van der Waals surface area contributed by atoms with E-state index in [2.05, 4.69) is 41.1 Å². The van der Waals surface area contributed by atoms with E-state index >= 15 is 0 Å². The van der Waals surface area contributed by atoms with Gasteiger partial charge in [-0.3, -0.25) is 0 Å². The highest BCUT2D eigenvalue weighted by atomic mass is 16.7. The Morgan fingerprint density at radius 3 is 1.39 bits per heavy atom. The predicted octanol–water partition coefficient (Wildman–Crippen LogP) is 9.93. The first kappa shape index (κ1) is 42.8. The second kappa shape index (κ2) is 26.2. The van der Waals surface area contributed by atoms with Gasteiger partial charge in [-0.05, 0) is 61.4 Å². The first-order valence-electron chi connectivity index (χ1n) is 20.3. The highest BCUT2D eigenvalue weighted by molar-refractivity contribution is 5.53. The summed E-state index contributed by atoms with van der Waals surface area (Å²) in [6.45, 7) is 6.22. The summed E-state index contributed by atoms with van der Waals surface area (Å²) >= 11 is 0. The predicted molar refractivity (Wildman–Crippen MR) is 207 cm³/mol. The molecule has 3 rings (SSSR count). The second-order valence-corrected chi connectivity index (χ2v) is 14.4. The molecule has 288 valence electrons. The molecule has 9 nitrogen and oxygen atoms in total. The largest absolute Gasteiger partial charge is 0.462 e. The summed E-state index contributed by atoms with van der Waals surface area (Å²) in [6.07, 6.45) is 20.3. The van der Waals surface area contributed by atoms with Crippen LogP contribution in [-0.2, 0) is 4.74 Å². The summed E-state index contributed by atoms with van der Waals surface area (Å²) in [4.78, 5) is 2.56. The fraction of sp³-hybridized carbons (Fsp3) is 0.714. The molecule has 4 N–H and O–H groups in total. The van der Waals surface area contributed by atoms with Crippen molar-refractivity contribution < 1.29 is 29.9 Å². The molecule has 1 aliphatic rings. The van der Waals surface area contributed by atoms with Gasteiger partial charge in [0.2, 0.25) is 6.29 Å². The van der Waals surface area contributed by atoms with E-state index in [4.69, 9.17) is 9.47 Å². The molecule has 9 heteroatoms. The number of unbranched alkanes of at least 4 members (excludes halogenated alkanes) is 18. The van der Waals surface area contributed by atoms with Crippen LogP contribution in [0.2, 0.25) is 0 Å². The van der Waals surface area contributed by atoms with Crippen LogP contribution in [0.15, 0.2) is 58.8 Å². The Hall–Kier alpha value is -2.56. The minimum atomic E-state index is -1.49. The van der Waals surface area contributed by atoms with Crippen molar-refractivity contribution in [3.05, 3.63) is 48.5 Å². The van der Waals surface area contributed by atoms with Crippen LogP contribution in [0.3, 0.4) is 0 Å². The van der Waals surface area contributed by atoms with Crippen molar-refractivity contribution in [2.75, 3.05) is 24.6 Å². The number of hydrogen-bond donors (Lipinski definition) is 4. The van der Waals surface area contributed by atoms with Crippen LogP contribution in [0, 0.1) is 0 Å². The number of nitrogens with zero attached hydrogens (tertiary/aromatic N) is 3. The topological polar surface area (TPSA) is 127 Å². The van der Waals surface area contributed by atoms with Crippen molar-refractivity contribution in [1.29, 1.82) is 0 Å². The number of hydrogen-bond acceptors (Lipinski definition) is 9. The molecule has 1 saturated heterocycles. The van der Waals surface area contributed by atoms with Crippen molar-refractivity contribution in [3.63, 3.8) is 0 Å². The molecule has 0 amide bonds. The van der Waals surface area contributed by atoms with Gasteiger partial charge in [0.1, 0.15) is 30.2 Å². The molecule has 1 aliphatic heterocycles. The van der Waals surface area contributed by atoms with E-state index in [1.165, 1.54) is 134 Å². The molecule has 0 aliphatic carbocycles. The zero-order valence-corrected chi connectivity index (χ0v) is 31.7. The molecule has 5 atom stereocenters. The maximum Gasteiger partial charge on any atom is 0.229 e. The molecule has 0 radical (unpaired) electrons. The normalized spacial score (nSPS) is 20.6. The van der Waals surface area contributed by atoms with Crippen molar-refractivity contribution in [1.82, 2.24) is 0 Å². The quantitative estimate of drug-likeness (QED) is 0.0511. The number of ether oxygens (including phenoxy) is 2. The fourth-order valence-corrected chi connectivity index (χ4v) is 6.69. The van der Waals surface area contributed by atoms with Crippen LogP contribution in [0.4, 0.5) is 17.1 Å². The SMILES string of the molecule is CCCCCCCCCCCCN(CCCCCCCCCCCC)c1ccc(N=Nc2ccc(O[C@H]3O[C@H](CO)[C@@H](O)[C@H](O)[C@@H]3O)cc2)cc1. The Bertz CT molecular complexity index is 1140. The maximum absolute atomic E-state index is 10.2. The minimum Gasteiger partial charge on any atom is -0.462 e. The van der Waals surface area contributed by atoms with E-state index in [0.717, 1.165) is 18.8 Å². The lowest BCUT2D eigenvalue weighted by atomic mass is 9.99. The van der Waals surface area contributed by atoms with Gasteiger partial charge in [-0.15, -0.1) is 0 Å². The Kier molecular flexibility index (Phi) is 22.0. The molecule has 0 bridgehead atoms. The van der Waals surface area contributed by atoms with Crippen LogP contribution in [-0.4, -0.2) is 70.8 Å². The van der Waals surface area contributed by atoms with Gasteiger partial charge in [0.05, 0.1) is 18.0 Å². The Morgan fingerprint density at radius 2 is 0.961 bits per heavy atom. The highest BCUT2D eigenvalue weighted by Gasteiger charge is 2.44. The Labute approximate surface area is 308 Å². The van der Waals surface area contributed by atoms with Gasteiger partial charge in [0, 0.05) is 18.8 Å². The third-order valence-corrected chi connectivity index (χ3v) is 10.00. The first-order valence-corrected chi connectivity index (χ1v) is 20.3. The van der Waals surface area contributed by atoms with Crippen molar-refractivity contribution in [2.45, 2.75) is 173 Å². The molecule has 0 spiro atoms. The summed E-state index contributed by atoms with van der Waals surface area (Å²) in [6, 6.07) is 15.2. The van der Waals surface area contributed by atoms with Crippen LogP contribution < -0.4 is 9.64 Å². The summed E-state index contributed by atoms with van der Waals surface area (Å²) < 4.78 is 11.1. The Balaban J connectivity index is 1.47. The average molecular weight is 712 g/mol. The molecule has 0 aromatic heterocycles. The lowest BCUT2D eigenvalue weighted by Crippen LogP contribution is -2.60. The van der Waals surface area contributed by atoms with Gasteiger partial charge in [0.15, 0.2) is 0 Å². The number of rotatable bonds is 28. The molecular weight excluding hydrogens is 642 g/mol. The monoisotopic (exact) mass is 712 g/mol. The summed E-state index contributed by atoms with van der Waals surface area (Å²) in [5.74, 6) is 0.382. The standard InChI is InChI=1S/C42H69N3O6/c1-3-5-7-9-11-13-15-17-19-21-31-45(32-22-20-18-16-14-12-10-8-6-4-2)36-27-23-34(24-28-36)43-44-35-25-29-37(30-26-35)50-42-41(49)40(48)39(47)38(33-46)51-42/h23-30,38-42,46-49H,3-22,31-33H2,1-2H3/t38-,39-,40+,41+,42+/m1/s1. The lowest BCUT2D eigenvalue weighted by molar-refractivity contribution is -0.277. The molecular formula is C42H69N3O6. The molecule has 2 aromatic carbocycles. The van der Waals surface area contributed by atoms with E-state index in [1.807, 2.05) is 12.1 Å². The first-order chi connectivity index (χ1) is 25.0. The number of benzene rings is 2. The third-order valence-electron chi connectivity index (χ3n) is 10.00. The molecule has 0 unspecified atom stereocenters. The molecule has 51 heavy (non-hydrogen) atoms. The van der Waals surface area contributed by atoms with E-state index in [0.29, 0.717) is 11.4 Å². The van der Waals surface area contributed by atoms with Gasteiger partial charge < -0.3 is 34.8 Å². The fourth-order valence-electron chi connectivity index (χ4n) is 6.69. The second-order valence-electron chi connectivity index (χ2n) is 14.4. The van der Waals surface area contributed by atoms with Gasteiger partial charge in [0.25, 0.3) is 0 Å². The van der Waals surface area contributed by atoms with Crippen molar-refractivity contribution in [2.24, 2.45) is 10.2 Å². The minimum absolute atomic E-state index is 0.382. The summed E-state index contributed by atoms with van der Waals surface area (Å²) in [7, 11) is 0. The van der Waals surface area contributed by atoms with Gasteiger partial charge >= 0.3 is 0 Å². The van der Waals surface area contributed by atoms with Crippen molar-refractivity contribution >= 4 is 17.1 Å². The van der Waals surface area contributed by atoms with Crippen LogP contribution in [0.5, 0.6) is 5.75 Å². The number of azo groups is 1. The highest BCUT2D eigenvalue weighted by Crippen LogP contribution is 2.28. The van der Waals surface area contributed by atoms with Gasteiger partial charge in [-0.2, -0.15) is 10.2 Å². The van der Waals surface area contributed by atoms with Crippen LogP contribution in [0.25, 0.3) is 0 Å². The number of aliphatic hydroxyl groups is 4. The van der Waals surface area contributed by atoms with Crippen molar-refractivity contribution in [3.8, 4) is 5.75 Å². The van der Waals surface area contributed by atoms with Gasteiger partial charge in [-0.25, -0.2) is 0 Å². The molecule has 1 heterocycles. The van der Waals surface area contributed by atoms with E-state index in [1.54, 1.807) is 24.3 Å². The molecule has 2 aromatic rings. The summed E-state index contributed by atoms with van der Waals surface area (Å²) in [5.41, 5.74) is 2.65. The average Bonchev–Trinajstić information content (AvgIpc) is 3.15. The smallest absolute Gasteiger partial charge is 0.229 e. The third kappa shape index (κ3) is 16.8. The van der Waals surface area contributed by atoms with E-state index in [9.17, 15) is 20.4 Å². The zero-order chi connectivity index (χ0) is 36.5. The maximum atomic E-state index is 10.2.